The molecule has 0 unspecified atom stereocenters. The maximum atomic E-state index is 13.5. The summed E-state index contributed by atoms with van der Waals surface area (Å²) in [6.45, 7) is 7.74. The Morgan fingerprint density at radius 3 is 1.32 bits per heavy atom. The predicted octanol–water partition coefficient (Wildman–Crippen LogP) is 8.78. The molecule has 1 N–H and O–H groups in total. The van der Waals surface area contributed by atoms with Gasteiger partial charge >= 0.3 is 5.97 Å². The first-order valence-corrected chi connectivity index (χ1v) is 15.0. The molecule has 0 bridgehead atoms. The fraction of sp³-hybridized carbons (Fsp3) is 0.967. The molecule has 0 aromatic carbocycles. The lowest BCUT2D eigenvalue weighted by Crippen LogP contribution is -2.34. The van der Waals surface area contributed by atoms with Gasteiger partial charge in [-0.15, -0.1) is 0 Å². The van der Waals surface area contributed by atoms with E-state index in [1.165, 1.54) is 96.3 Å². The largest absolute Gasteiger partial charge is 0.463 e. The number of aliphatic hydroxyl groups is 1. The molecular weight excluding hydrogens is 424 g/mol. The molecule has 34 heavy (non-hydrogen) atoms. The summed E-state index contributed by atoms with van der Waals surface area (Å²) < 4.78 is 11.1. The molecule has 0 saturated heterocycles. The van der Waals surface area contributed by atoms with E-state index in [-0.39, 0.29) is 18.0 Å². The molecule has 0 atom stereocenters. The average Bonchev–Trinajstić information content (AvgIpc) is 2.84. The van der Waals surface area contributed by atoms with Crippen molar-refractivity contribution in [3.63, 3.8) is 0 Å². The second kappa shape index (κ2) is 25.5. The van der Waals surface area contributed by atoms with Crippen LogP contribution in [0.15, 0.2) is 0 Å². The maximum absolute atomic E-state index is 13.5. The van der Waals surface area contributed by atoms with E-state index in [0.29, 0.717) is 19.8 Å². The van der Waals surface area contributed by atoms with E-state index in [1.807, 2.05) is 0 Å². The van der Waals surface area contributed by atoms with Crippen LogP contribution in [0.2, 0.25) is 0 Å². The van der Waals surface area contributed by atoms with E-state index in [4.69, 9.17) is 14.6 Å². The zero-order chi connectivity index (χ0) is 25.2. The van der Waals surface area contributed by atoms with Crippen LogP contribution in [0.1, 0.15) is 156 Å². The summed E-state index contributed by atoms with van der Waals surface area (Å²) in [5.41, 5.74) is -0.322. The van der Waals surface area contributed by atoms with E-state index in [1.54, 1.807) is 0 Å². The van der Waals surface area contributed by atoms with Crippen LogP contribution >= 0.6 is 0 Å². The molecule has 0 aliphatic heterocycles. The van der Waals surface area contributed by atoms with Crippen molar-refractivity contribution >= 4 is 5.97 Å². The van der Waals surface area contributed by atoms with Crippen molar-refractivity contribution in [2.24, 2.45) is 5.41 Å². The molecule has 0 aromatic heterocycles. The number of unbranched alkanes of at least 4 members (excludes halogenated alkanes) is 15. The standard InChI is InChI=1S/C30H60O4/c1-4-7-10-13-16-19-22-30(23-20-17-14-11-8-5-2,24-21-18-15-12-9-6-3)29(32)34-28-27-33-26-25-31/h31H,4-28H2,1-3H3. The highest BCUT2D eigenvalue weighted by molar-refractivity contribution is 5.76. The third kappa shape index (κ3) is 18.7. The van der Waals surface area contributed by atoms with E-state index in [9.17, 15) is 4.79 Å². The van der Waals surface area contributed by atoms with Crippen LogP contribution in [-0.4, -0.2) is 37.5 Å². The molecule has 0 amide bonds. The quantitative estimate of drug-likeness (QED) is 0.0935. The molecule has 0 aromatic rings. The van der Waals surface area contributed by atoms with Crippen LogP contribution in [0, 0.1) is 5.41 Å². The zero-order valence-electron chi connectivity index (χ0n) is 23.3. The van der Waals surface area contributed by atoms with Gasteiger partial charge in [-0.05, 0) is 19.3 Å². The van der Waals surface area contributed by atoms with Gasteiger partial charge < -0.3 is 14.6 Å². The third-order valence-corrected chi connectivity index (χ3v) is 7.16. The monoisotopic (exact) mass is 484 g/mol. The van der Waals surface area contributed by atoms with Crippen molar-refractivity contribution < 1.29 is 19.4 Å². The van der Waals surface area contributed by atoms with Crippen LogP contribution in [-0.2, 0) is 14.3 Å². The van der Waals surface area contributed by atoms with Gasteiger partial charge in [0.1, 0.15) is 6.61 Å². The summed E-state index contributed by atoms with van der Waals surface area (Å²) in [6, 6.07) is 0. The van der Waals surface area contributed by atoms with Crippen molar-refractivity contribution in [2.45, 2.75) is 156 Å². The SMILES string of the molecule is CCCCCCCCC(CCCCCCCC)(CCCCCCCC)C(=O)OCCOCCO. The van der Waals surface area contributed by atoms with Gasteiger partial charge in [0.05, 0.1) is 25.2 Å². The molecule has 4 heteroatoms. The molecule has 0 saturated carbocycles. The molecule has 204 valence electrons. The number of hydrogen-bond acceptors (Lipinski definition) is 4. The Kier molecular flexibility index (Phi) is 25.0. The first-order chi connectivity index (χ1) is 16.7. The number of ether oxygens (including phenoxy) is 2. The van der Waals surface area contributed by atoms with Crippen molar-refractivity contribution in [3.05, 3.63) is 0 Å². The lowest BCUT2D eigenvalue weighted by Gasteiger charge is -2.32. The number of hydrogen-bond donors (Lipinski definition) is 1. The van der Waals surface area contributed by atoms with E-state index in [2.05, 4.69) is 20.8 Å². The minimum Gasteiger partial charge on any atom is -0.463 e. The predicted molar refractivity (Wildman–Crippen MR) is 145 cm³/mol. The molecule has 0 radical (unpaired) electrons. The highest BCUT2D eigenvalue weighted by atomic mass is 16.6. The van der Waals surface area contributed by atoms with E-state index >= 15 is 0 Å². The zero-order valence-corrected chi connectivity index (χ0v) is 23.3. The summed E-state index contributed by atoms with van der Waals surface area (Å²) in [5, 5.41) is 8.89. The number of rotatable bonds is 27. The van der Waals surface area contributed by atoms with Crippen LogP contribution in [0.25, 0.3) is 0 Å². The first-order valence-electron chi connectivity index (χ1n) is 15.0. The van der Waals surface area contributed by atoms with Gasteiger partial charge in [-0.3, -0.25) is 4.79 Å². The Balaban J connectivity index is 4.99. The summed E-state index contributed by atoms with van der Waals surface area (Å²) in [5.74, 6) is 0.00998. The Labute approximate surface area is 213 Å². The van der Waals surface area contributed by atoms with Gasteiger partial charge in [-0.1, -0.05) is 136 Å². The Hall–Kier alpha value is -0.610. The van der Waals surface area contributed by atoms with Gasteiger partial charge in [0.2, 0.25) is 0 Å². The lowest BCUT2D eigenvalue weighted by molar-refractivity contribution is -0.159. The van der Waals surface area contributed by atoms with Gasteiger partial charge in [0, 0.05) is 0 Å². The lowest BCUT2D eigenvalue weighted by atomic mass is 9.74. The van der Waals surface area contributed by atoms with E-state index < -0.39 is 0 Å². The average molecular weight is 485 g/mol. The number of esters is 1. The second-order valence-electron chi connectivity index (χ2n) is 10.3. The fourth-order valence-corrected chi connectivity index (χ4v) is 4.93. The minimum atomic E-state index is -0.322. The third-order valence-electron chi connectivity index (χ3n) is 7.16. The molecule has 0 spiro atoms. The van der Waals surface area contributed by atoms with Crippen molar-refractivity contribution in [1.82, 2.24) is 0 Å². The van der Waals surface area contributed by atoms with Gasteiger partial charge in [0.25, 0.3) is 0 Å². The minimum absolute atomic E-state index is 0.00593. The maximum Gasteiger partial charge on any atom is 0.312 e. The van der Waals surface area contributed by atoms with Crippen molar-refractivity contribution in [2.75, 3.05) is 26.4 Å². The molecule has 0 aliphatic carbocycles. The van der Waals surface area contributed by atoms with Crippen LogP contribution in [0.4, 0.5) is 0 Å². The van der Waals surface area contributed by atoms with Gasteiger partial charge in [0.15, 0.2) is 0 Å². The van der Waals surface area contributed by atoms with Crippen LogP contribution < -0.4 is 0 Å². The highest BCUT2D eigenvalue weighted by Crippen LogP contribution is 2.39. The highest BCUT2D eigenvalue weighted by Gasteiger charge is 2.38. The smallest absolute Gasteiger partial charge is 0.312 e. The summed E-state index contributed by atoms with van der Waals surface area (Å²) in [7, 11) is 0. The molecule has 0 aliphatic rings. The van der Waals surface area contributed by atoms with E-state index in [0.717, 1.165) is 38.5 Å². The fourth-order valence-electron chi connectivity index (χ4n) is 4.93. The van der Waals surface area contributed by atoms with Gasteiger partial charge in [-0.2, -0.15) is 0 Å². The second-order valence-corrected chi connectivity index (χ2v) is 10.3. The number of carbonyl (C=O) groups excluding carboxylic acids is 1. The van der Waals surface area contributed by atoms with Crippen molar-refractivity contribution in [1.29, 1.82) is 0 Å². The first kappa shape index (κ1) is 33.4. The molecule has 0 heterocycles. The normalized spacial score (nSPS) is 11.8. The Bertz CT molecular complexity index is 383. The molecule has 0 rings (SSSR count). The molecule has 4 nitrogen and oxygen atoms in total. The number of carbonyl (C=O) groups is 1. The molecule has 0 fully saturated rings. The van der Waals surface area contributed by atoms with Crippen LogP contribution in [0.5, 0.6) is 0 Å². The molecular formula is C30H60O4. The van der Waals surface area contributed by atoms with Crippen LogP contribution in [0.3, 0.4) is 0 Å². The summed E-state index contributed by atoms with van der Waals surface area (Å²) >= 11 is 0. The Morgan fingerprint density at radius 2 is 0.941 bits per heavy atom. The Morgan fingerprint density at radius 1 is 0.559 bits per heavy atom. The number of aliphatic hydroxyl groups excluding tert-OH is 1. The summed E-state index contributed by atoms with van der Waals surface area (Å²) in [4.78, 5) is 13.5. The topological polar surface area (TPSA) is 55.8 Å². The van der Waals surface area contributed by atoms with Gasteiger partial charge in [-0.25, -0.2) is 0 Å². The van der Waals surface area contributed by atoms with Crippen molar-refractivity contribution in [3.8, 4) is 0 Å². The summed E-state index contributed by atoms with van der Waals surface area (Å²) in [6.07, 6.45) is 25.5.